The Balaban J connectivity index is 0. The fourth-order valence-corrected chi connectivity index (χ4v) is 1.03. The van der Waals surface area contributed by atoms with Crippen LogP contribution in [-0.2, 0) is 0 Å². The van der Waals surface area contributed by atoms with Gasteiger partial charge in [0.05, 0.1) is 5.69 Å². The molecule has 1 rings (SSSR count). The van der Waals surface area contributed by atoms with Crippen LogP contribution in [0.3, 0.4) is 0 Å². The first-order valence-electron chi connectivity index (χ1n) is 6.09. The van der Waals surface area contributed by atoms with Crippen LogP contribution < -0.4 is 5.73 Å². The van der Waals surface area contributed by atoms with Gasteiger partial charge in [0.15, 0.2) is 0 Å². The highest BCUT2D eigenvalue weighted by atomic mass is 15.3. The van der Waals surface area contributed by atoms with Gasteiger partial charge in [0.25, 0.3) is 0 Å². The van der Waals surface area contributed by atoms with Gasteiger partial charge in [0.1, 0.15) is 0 Å². The molecule has 0 aliphatic heterocycles. The Hall–Kier alpha value is -1.25. The van der Waals surface area contributed by atoms with Crippen LogP contribution in [0, 0.1) is 6.92 Å². The van der Waals surface area contributed by atoms with E-state index < -0.39 is 0 Å². The summed E-state index contributed by atoms with van der Waals surface area (Å²) in [5.74, 6) is 0. The van der Waals surface area contributed by atoms with Crippen molar-refractivity contribution in [1.29, 1.82) is 0 Å². The molecule has 3 heteroatoms. The fourth-order valence-electron chi connectivity index (χ4n) is 1.03. The Bertz CT molecular complexity index is 285. The standard InChI is InChI=1S/C9H15N3.2C2H6/c1-7(2)12-6-9(4-5-10)8(3)11-12;2*1-2/h4-7H,10H2,1-3H3;2*1-2H3/b5-4-;;. The molecule has 0 unspecified atom stereocenters. The van der Waals surface area contributed by atoms with Crippen LogP contribution in [0.1, 0.15) is 58.8 Å². The number of rotatable bonds is 2. The van der Waals surface area contributed by atoms with Crippen LogP contribution in [0.5, 0.6) is 0 Å². The third-order valence-electron chi connectivity index (χ3n) is 1.76. The van der Waals surface area contributed by atoms with Crippen LogP contribution in [0.25, 0.3) is 6.08 Å². The molecular weight excluding hydrogens is 198 g/mol. The highest BCUT2D eigenvalue weighted by Crippen LogP contribution is 2.11. The predicted molar refractivity (Wildman–Crippen MR) is 73.3 cm³/mol. The maximum absolute atomic E-state index is 5.30. The summed E-state index contributed by atoms with van der Waals surface area (Å²) in [5, 5.41) is 4.34. The maximum Gasteiger partial charge on any atom is 0.0666 e. The van der Waals surface area contributed by atoms with Gasteiger partial charge >= 0.3 is 0 Å². The van der Waals surface area contributed by atoms with E-state index in [9.17, 15) is 0 Å². The van der Waals surface area contributed by atoms with Crippen LogP contribution in [-0.4, -0.2) is 9.78 Å². The first-order valence-corrected chi connectivity index (χ1v) is 6.09. The van der Waals surface area contributed by atoms with Gasteiger partial charge < -0.3 is 5.73 Å². The minimum atomic E-state index is 0.406. The maximum atomic E-state index is 5.30. The van der Waals surface area contributed by atoms with E-state index in [1.165, 1.54) is 6.20 Å². The van der Waals surface area contributed by atoms with Crippen molar-refractivity contribution in [3.8, 4) is 0 Å². The van der Waals surface area contributed by atoms with Crippen LogP contribution >= 0.6 is 0 Å². The number of nitrogens with zero attached hydrogens (tertiary/aromatic N) is 2. The van der Waals surface area contributed by atoms with Gasteiger partial charge in [-0.2, -0.15) is 5.10 Å². The van der Waals surface area contributed by atoms with Crippen molar-refractivity contribution in [3.63, 3.8) is 0 Å². The fraction of sp³-hybridized carbons (Fsp3) is 0.615. The highest BCUT2D eigenvalue weighted by Gasteiger charge is 2.03. The summed E-state index contributed by atoms with van der Waals surface area (Å²) in [6.45, 7) is 14.2. The summed E-state index contributed by atoms with van der Waals surface area (Å²) in [6, 6.07) is 0.406. The van der Waals surface area contributed by atoms with Crippen molar-refractivity contribution >= 4 is 6.08 Å². The van der Waals surface area contributed by atoms with E-state index >= 15 is 0 Å². The molecule has 1 heterocycles. The Kier molecular flexibility index (Phi) is 11.0. The highest BCUT2D eigenvalue weighted by molar-refractivity contribution is 5.49. The second kappa shape index (κ2) is 10.3. The first-order chi connectivity index (χ1) is 7.65. The molecule has 0 aliphatic rings. The molecular formula is C13H27N3. The van der Waals surface area contributed by atoms with Gasteiger partial charge in [-0.3, -0.25) is 4.68 Å². The van der Waals surface area contributed by atoms with E-state index in [1.54, 1.807) is 0 Å². The predicted octanol–water partition coefficient (Wildman–Crippen LogP) is 3.75. The lowest BCUT2D eigenvalue weighted by molar-refractivity contribution is 0.529. The molecule has 1 aromatic rings. The Labute approximate surface area is 100 Å². The van der Waals surface area contributed by atoms with Gasteiger partial charge in [-0.15, -0.1) is 0 Å². The van der Waals surface area contributed by atoms with Gasteiger partial charge in [-0.25, -0.2) is 0 Å². The number of hydrogen-bond donors (Lipinski definition) is 1. The quantitative estimate of drug-likeness (QED) is 0.833. The minimum absolute atomic E-state index is 0.406. The van der Waals surface area contributed by atoms with E-state index in [0.29, 0.717) is 6.04 Å². The smallest absolute Gasteiger partial charge is 0.0666 e. The molecule has 0 aliphatic carbocycles. The summed E-state index contributed by atoms with van der Waals surface area (Å²) < 4.78 is 1.94. The lowest BCUT2D eigenvalue weighted by atomic mass is 10.2. The zero-order chi connectivity index (χ0) is 13.1. The van der Waals surface area contributed by atoms with Crippen molar-refractivity contribution in [3.05, 3.63) is 23.7 Å². The third-order valence-corrected chi connectivity index (χ3v) is 1.76. The lowest BCUT2D eigenvalue weighted by Crippen LogP contribution is -2.00. The van der Waals surface area contributed by atoms with E-state index in [4.69, 9.17) is 5.73 Å². The van der Waals surface area contributed by atoms with Gasteiger partial charge in [-0.1, -0.05) is 27.7 Å². The molecule has 16 heavy (non-hydrogen) atoms. The summed E-state index contributed by atoms with van der Waals surface area (Å²) >= 11 is 0. The average Bonchev–Trinajstić information content (AvgIpc) is 2.67. The van der Waals surface area contributed by atoms with Crippen LogP contribution in [0.2, 0.25) is 0 Å². The molecule has 0 saturated carbocycles. The number of nitrogens with two attached hydrogens (primary N) is 1. The van der Waals surface area contributed by atoms with Gasteiger partial charge in [0, 0.05) is 17.8 Å². The molecule has 0 fully saturated rings. The Morgan fingerprint density at radius 3 is 2.06 bits per heavy atom. The van der Waals surface area contributed by atoms with Crippen molar-refractivity contribution in [2.45, 2.75) is 54.5 Å². The number of aryl methyl sites for hydroxylation is 1. The van der Waals surface area contributed by atoms with Crippen molar-refractivity contribution in [2.24, 2.45) is 5.73 Å². The van der Waals surface area contributed by atoms with Gasteiger partial charge in [-0.05, 0) is 33.0 Å². The molecule has 94 valence electrons. The normalized spacial score (nSPS) is 9.50. The molecule has 0 aromatic carbocycles. The molecule has 0 atom stereocenters. The Morgan fingerprint density at radius 1 is 1.25 bits per heavy atom. The lowest BCUT2D eigenvalue weighted by Gasteiger charge is -2.02. The second-order valence-corrected chi connectivity index (χ2v) is 3.10. The van der Waals surface area contributed by atoms with E-state index in [-0.39, 0.29) is 0 Å². The molecule has 0 radical (unpaired) electrons. The second-order valence-electron chi connectivity index (χ2n) is 3.10. The summed E-state index contributed by atoms with van der Waals surface area (Å²) in [4.78, 5) is 0. The van der Waals surface area contributed by atoms with Crippen LogP contribution in [0.4, 0.5) is 0 Å². The molecule has 0 bridgehead atoms. The molecule has 0 amide bonds. The monoisotopic (exact) mass is 225 g/mol. The minimum Gasteiger partial charge on any atom is -0.405 e. The number of aromatic nitrogens is 2. The van der Waals surface area contributed by atoms with E-state index in [2.05, 4.69) is 18.9 Å². The largest absolute Gasteiger partial charge is 0.405 e. The van der Waals surface area contributed by atoms with E-state index in [1.807, 2.05) is 51.6 Å². The van der Waals surface area contributed by atoms with Crippen molar-refractivity contribution in [1.82, 2.24) is 9.78 Å². The van der Waals surface area contributed by atoms with Crippen LogP contribution in [0.15, 0.2) is 12.4 Å². The third kappa shape index (κ3) is 5.59. The zero-order valence-corrected chi connectivity index (χ0v) is 11.8. The summed E-state index contributed by atoms with van der Waals surface area (Å²) in [7, 11) is 0. The van der Waals surface area contributed by atoms with Crippen molar-refractivity contribution < 1.29 is 0 Å². The zero-order valence-electron chi connectivity index (χ0n) is 11.8. The average molecular weight is 225 g/mol. The Morgan fingerprint density at radius 2 is 1.75 bits per heavy atom. The summed E-state index contributed by atoms with van der Waals surface area (Å²) in [5.41, 5.74) is 7.41. The molecule has 1 aromatic heterocycles. The van der Waals surface area contributed by atoms with E-state index in [0.717, 1.165) is 11.3 Å². The molecule has 2 N–H and O–H groups in total. The topological polar surface area (TPSA) is 43.8 Å². The molecule has 3 nitrogen and oxygen atoms in total. The first kappa shape index (κ1) is 17.2. The number of hydrogen-bond acceptors (Lipinski definition) is 2. The SMILES string of the molecule is CC.CC.Cc1nn(C(C)C)cc1/C=C\N. The molecule has 0 saturated heterocycles. The van der Waals surface area contributed by atoms with Crippen molar-refractivity contribution in [2.75, 3.05) is 0 Å². The summed E-state index contributed by atoms with van der Waals surface area (Å²) in [6.07, 6.45) is 5.40. The van der Waals surface area contributed by atoms with Gasteiger partial charge in [0.2, 0.25) is 0 Å². The molecule has 0 spiro atoms.